The van der Waals surface area contributed by atoms with Gasteiger partial charge in [-0.05, 0) is 24.5 Å². The van der Waals surface area contributed by atoms with Crippen LogP contribution in [0.5, 0.6) is 0 Å². The van der Waals surface area contributed by atoms with Crippen LogP contribution in [0.4, 0.5) is 4.39 Å². The maximum Gasteiger partial charge on any atom is 0.229 e. The summed E-state index contributed by atoms with van der Waals surface area (Å²) in [7, 11) is 0. The van der Waals surface area contributed by atoms with Gasteiger partial charge in [0.2, 0.25) is 11.8 Å². The lowest BCUT2D eigenvalue weighted by molar-refractivity contribution is -0.122. The molecule has 0 saturated heterocycles. The van der Waals surface area contributed by atoms with Gasteiger partial charge in [0.15, 0.2) is 0 Å². The van der Waals surface area contributed by atoms with Gasteiger partial charge < -0.3 is 9.73 Å². The van der Waals surface area contributed by atoms with E-state index in [0.717, 1.165) is 5.69 Å². The number of benzene rings is 1. The number of halogens is 1. The molecule has 1 heterocycles. The second-order valence-electron chi connectivity index (χ2n) is 6.84. The smallest absolute Gasteiger partial charge is 0.229 e. The summed E-state index contributed by atoms with van der Waals surface area (Å²) >= 11 is 0. The highest BCUT2D eigenvalue weighted by Gasteiger charge is 2.17. The first-order valence-corrected chi connectivity index (χ1v) is 7.74. The Morgan fingerprint density at radius 3 is 2.65 bits per heavy atom. The van der Waals surface area contributed by atoms with E-state index >= 15 is 0 Å². The van der Waals surface area contributed by atoms with E-state index in [-0.39, 0.29) is 23.0 Å². The first-order valence-electron chi connectivity index (χ1n) is 7.74. The number of aromatic nitrogens is 1. The highest BCUT2D eigenvalue weighted by Crippen LogP contribution is 2.24. The standard InChI is InChI=1S/C18H23FN2O2/c1-12-15(9-10-20-16(22)11-18(2,3)4)21-17(23-12)13-7-5-6-8-14(13)19/h5-8H,9-11H2,1-4H3,(H,20,22). The molecule has 1 N–H and O–H groups in total. The van der Waals surface area contributed by atoms with Crippen LogP contribution in [-0.4, -0.2) is 17.4 Å². The van der Waals surface area contributed by atoms with E-state index in [2.05, 4.69) is 10.3 Å². The summed E-state index contributed by atoms with van der Waals surface area (Å²) < 4.78 is 19.3. The zero-order chi connectivity index (χ0) is 17.0. The van der Waals surface area contributed by atoms with E-state index in [9.17, 15) is 9.18 Å². The highest BCUT2D eigenvalue weighted by molar-refractivity contribution is 5.76. The molecule has 0 saturated carbocycles. The minimum atomic E-state index is -0.362. The molecule has 4 nitrogen and oxygen atoms in total. The van der Waals surface area contributed by atoms with Crippen molar-refractivity contribution < 1.29 is 13.6 Å². The van der Waals surface area contributed by atoms with Crippen LogP contribution >= 0.6 is 0 Å². The summed E-state index contributed by atoms with van der Waals surface area (Å²) in [4.78, 5) is 16.2. The molecule has 1 amide bonds. The molecule has 0 atom stereocenters. The molecule has 2 aromatic rings. The first kappa shape index (κ1) is 17.2. The Kier molecular flexibility index (Phi) is 5.19. The van der Waals surface area contributed by atoms with Gasteiger partial charge in [0, 0.05) is 19.4 Å². The molecule has 2 rings (SSSR count). The van der Waals surface area contributed by atoms with Crippen molar-refractivity contribution in [2.24, 2.45) is 5.41 Å². The predicted octanol–water partition coefficient (Wildman–Crippen LogP) is 3.88. The van der Waals surface area contributed by atoms with E-state index in [1.54, 1.807) is 25.1 Å². The second-order valence-corrected chi connectivity index (χ2v) is 6.84. The third-order valence-corrected chi connectivity index (χ3v) is 3.37. The fourth-order valence-electron chi connectivity index (χ4n) is 2.27. The normalized spacial score (nSPS) is 11.5. The largest absolute Gasteiger partial charge is 0.441 e. The van der Waals surface area contributed by atoms with Gasteiger partial charge in [-0.3, -0.25) is 4.79 Å². The highest BCUT2D eigenvalue weighted by atomic mass is 19.1. The Morgan fingerprint density at radius 1 is 1.30 bits per heavy atom. The van der Waals surface area contributed by atoms with Gasteiger partial charge in [0.25, 0.3) is 0 Å². The number of hydrogen-bond acceptors (Lipinski definition) is 3. The maximum absolute atomic E-state index is 13.8. The predicted molar refractivity (Wildman–Crippen MR) is 87.4 cm³/mol. The average Bonchev–Trinajstić information content (AvgIpc) is 2.78. The van der Waals surface area contributed by atoms with E-state index in [4.69, 9.17) is 4.42 Å². The van der Waals surface area contributed by atoms with Crippen molar-refractivity contribution in [1.82, 2.24) is 10.3 Å². The number of oxazole rings is 1. The van der Waals surface area contributed by atoms with Gasteiger partial charge in [-0.25, -0.2) is 9.37 Å². The summed E-state index contributed by atoms with van der Waals surface area (Å²) in [6.45, 7) is 8.35. The topological polar surface area (TPSA) is 55.1 Å². The number of nitrogens with one attached hydrogen (secondary N) is 1. The van der Waals surface area contributed by atoms with Crippen LogP contribution in [0.2, 0.25) is 0 Å². The zero-order valence-corrected chi connectivity index (χ0v) is 14.1. The summed E-state index contributed by atoms with van der Waals surface area (Å²) in [5, 5.41) is 2.88. The molecule has 0 fully saturated rings. The molecule has 5 heteroatoms. The summed E-state index contributed by atoms with van der Waals surface area (Å²) in [5.41, 5.74) is 1.05. The Bertz CT molecular complexity index is 687. The van der Waals surface area contributed by atoms with Crippen LogP contribution in [0.1, 0.15) is 38.6 Å². The van der Waals surface area contributed by atoms with E-state index < -0.39 is 0 Å². The van der Waals surface area contributed by atoms with Crippen molar-refractivity contribution in [2.75, 3.05) is 6.54 Å². The number of rotatable bonds is 5. The summed E-state index contributed by atoms with van der Waals surface area (Å²) in [6, 6.07) is 6.38. The van der Waals surface area contributed by atoms with Gasteiger partial charge in [-0.1, -0.05) is 32.9 Å². The number of amides is 1. The van der Waals surface area contributed by atoms with Crippen LogP contribution in [0.3, 0.4) is 0 Å². The van der Waals surface area contributed by atoms with Crippen LogP contribution < -0.4 is 5.32 Å². The Hall–Kier alpha value is -2.17. The Balaban J connectivity index is 1.97. The Labute approximate surface area is 136 Å². The van der Waals surface area contributed by atoms with Gasteiger partial charge in [-0.15, -0.1) is 0 Å². The zero-order valence-electron chi connectivity index (χ0n) is 14.1. The van der Waals surface area contributed by atoms with Gasteiger partial charge in [-0.2, -0.15) is 0 Å². The lowest BCUT2D eigenvalue weighted by atomic mass is 9.92. The minimum Gasteiger partial charge on any atom is -0.441 e. The van der Waals surface area contributed by atoms with Crippen LogP contribution in [-0.2, 0) is 11.2 Å². The van der Waals surface area contributed by atoms with Crippen LogP contribution in [0.15, 0.2) is 28.7 Å². The molecule has 23 heavy (non-hydrogen) atoms. The third kappa shape index (κ3) is 4.91. The minimum absolute atomic E-state index is 0.0213. The lowest BCUT2D eigenvalue weighted by Gasteiger charge is -2.17. The van der Waals surface area contributed by atoms with Gasteiger partial charge >= 0.3 is 0 Å². The molecule has 124 valence electrons. The fraction of sp³-hybridized carbons (Fsp3) is 0.444. The van der Waals surface area contributed by atoms with Gasteiger partial charge in [0.1, 0.15) is 11.6 Å². The molecular formula is C18H23FN2O2. The van der Waals surface area contributed by atoms with E-state index in [1.165, 1.54) is 6.07 Å². The third-order valence-electron chi connectivity index (χ3n) is 3.37. The van der Waals surface area contributed by atoms with Crippen molar-refractivity contribution >= 4 is 5.91 Å². The molecule has 1 aromatic carbocycles. The number of aryl methyl sites for hydroxylation is 1. The number of nitrogens with zero attached hydrogens (tertiary/aromatic N) is 1. The maximum atomic E-state index is 13.8. The molecule has 1 aromatic heterocycles. The van der Waals surface area contributed by atoms with Gasteiger partial charge in [0.05, 0.1) is 11.3 Å². The van der Waals surface area contributed by atoms with Crippen molar-refractivity contribution in [3.63, 3.8) is 0 Å². The SMILES string of the molecule is Cc1oc(-c2ccccc2F)nc1CCNC(=O)CC(C)(C)C. The van der Waals surface area contributed by atoms with Crippen LogP contribution in [0.25, 0.3) is 11.5 Å². The molecule has 0 aliphatic heterocycles. The monoisotopic (exact) mass is 318 g/mol. The summed E-state index contributed by atoms with van der Waals surface area (Å²) in [5.74, 6) is 0.580. The van der Waals surface area contributed by atoms with E-state index in [0.29, 0.717) is 30.7 Å². The average molecular weight is 318 g/mol. The molecule has 0 aliphatic carbocycles. The fourth-order valence-corrected chi connectivity index (χ4v) is 2.27. The molecule has 0 unspecified atom stereocenters. The van der Waals surface area contributed by atoms with Crippen LogP contribution in [0, 0.1) is 18.2 Å². The molecule has 0 spiro atoms. The van der Waals surface area contributed by atoms with Crippen molar-refractivity contribution in [3.05, 3.63) is 41.5 Å². The molecular weight excluding hydrogens is 295 g/mol. The summed E-state index contributed by atoms with van der Waals surface area (Å²) in [6.07, 6.45) is 1.03. The van der Waals surface area contributed by atoms with Crippen molar-refractivity contribution in [2.45, 2.75) is 40.5 Å². The quantitative estimate of drug-likeness (QED) is 0.910. The second kappa shape index (κ2) is 6.94. The number of carbonyl (C=O) groups excluding carboxylic acids is 1. The van der Waals surface area contributed by atoms with Crippen molar-refractivity contribution in [1.29, 1.82) is 0 Å². The number of hydrogen-bond donors (Lipinski definition) is 1. The first-order chi connectivity index (χ1) is 10.8. The lowest BCUT2D eigenvalue weighted by Crippen LogP contribution is -2.29. The van der Waals surface area contributed by atoms with Crippen molar-refractivity contribution in [3.8, 4) is 11.5 Å². The number of carbonyl (C=O) groups is 1. The Morgan fingerprint density at radius 2 is 2.00 bits per heavy atom. The molecule has 0 aliphatic rings. The molecule has 0 bridgehead atoms. The van der Waals surface area contributed by atoms with E-state index in [1.807, 2.05) is 20.8 Å². The molecule has 0 radical (unpaired) electrons.